The average molecular weight is 271 g/mol. The molecule has 20 heavy (non-hydrogen) atoms. The van der Waals surface area contributed by atoms with Crippen LogP contribution in [-0.2, 0) is 12.8 Å². The molecule has 1 aromatic carbocycles. The Balaban J connectivity index is 2.18. The first kappa shape index (κ1) is 14.9. The van der Waals surface area contributed by atoms with E-state index in [1.807, 2.05) is 0 Å². The van der Waals surface area contributed by atoms with Crippen molar-refractivity contribution in [1.82, 2.24) is 5.32 Å². The van der Waals surface area contributed by atoms with Gasteiger partial charge in [-0.05, 0) is 55.6 Å². The van der Waals surface area contributed by atoms with Gasteiger partial charge in [-0.1, -0.05) is 32.0 Å². The molecular weight excluding hydrogens is 246 g/mol. The highest BCUT2D eigenvalue weighted by molar-refractivity contribution is 5.31. The molecule has 1 atom stereocenters. The van der Waals surface area contributed by atoms with E-state index in [0.29, 0.717) is 0 Å². The number of benzene rings is 1. The standard InChI is InChI=1S/C18H25NO/c1-5-16-9-10-18(20-16)17(19-6-2)12-15-8-7-13(3)14(4)11-15/h7-11,17,19H,5-6,12H2,1-4H3. The van der Waals surface area contributed by atoms with Crippen LogP contribution in [0, 0.1) is 13.8 Å². The van der Waals surface area contributed by atoms with Crippen LogP contribution >= 0.6 is 0 Å². The average Bonchev–Trinajstić information content (AvgIpc) is 2.91. The van der Waals surface area contributed by atoms with Crippen LogP contribution in [0.2, 0.25) is 0 Å². The highest BCUT2D eigenvalue weighted by Gasteiger charge is 2.15. The molecule has 0 aliphatic carbocycles. The second-order valence-corrected chi connectivity index (χ2v) is 5.39. The number of hydrogen-bond acceptors (Lipinski definition) is 2. The third kappa shape index (κ3) is 3.51. The van der Waals surface area contributed by atoms with Gasteiger partial charge in [-0.3, -0.25) is 0 Å². The minimum absolute atomic E-state index is 0.252. The van der Waals surface area contributed by atoms with Crippen molar-refractivity contribution in [2.24, 2.45) is 0 Å². The van der Waals surface area contributed by atoms with Crippen LogP contribution in [0.25, 0.3) is 0 Å². The first-order valence-corrected chi connectivity index (χ1v) is 7.52. The van der Waals surface area contributed by atoms with Crippen LogP contribution in [0.1, 0.15) is 48.1 Å². The van der Waals surface area contributed by atoms with Crippen molar-refractivity contribution in [3.05, 3.63) is 58.5 Å². The van der Waals surface area contributed by atoms with E-state index in [2.05, 4.69) is 63.3 Å². The Kier molecular flexibility index (Phi) is 5.02. The molecule has 2 nitrogen and oxygen atoms in total. The van der Waals surface area contributed by atoms with E-state index in [0.717, 1.165) is 30.9 Å². The van der Waals surface area contributed by atoms with E-state index in [1.54, 1.807) is 0 Å². The summed E-state index contributed by atoms with van der Waals surface area (Å²) in [6.45, 7) is 9.52. The normalized spacial score (nSPS) is 12.6. The molecule has 0 radical (unpaired) electrons. The summed E-state index contributed by atoms with van der Waals surface area (Å²) in [6.07, 6.45) is 1.91. The Morgan fingerprint density at radius 3 is 2.45 bits per heavy atom. The van der Waals surface area contributed by atoms with Gasteiger partial charge in [0.1, 0.15) is 11.5 Å². The fourth-order valence-electron chi connectivity index (χ4n) is 2.46. The summed E-state index contributed by atoms with van der Waals surface area (Å²) in [5, 5.41) is 3.53. The third-order valence-electron chi connectivity index (χ3n) is 3.84. The van der Waals surface area contributed by atoms with Gasteiger partial charge >= 0.3 is 0 Å². The van der Waals surface area contributed by atoms with Crippen LogP contribution in [0.5, 0.6) is 0 Å². The monoisotopic (exact) mass is 271 g/mol. The van der Waals surface area contributed by atoms with E-state index in [4.69, 9.17) is 4.42 Å². The summed E-state index contributed by atoms with van der Waals surface area (Å²) < 4.78 is 5.91. The molecule has 1 unspecified atom stereocenters. The number of likely N-dealkylation sites (N-methyl/N-ethyl adjacent to an activating group) is 1. The lowest BCUT2D eigenvalue weighted by atomic mass is 10.00. The number of nitrogens with one attached hydrogen (secondary N) is 1. The summed E-state index contributed by atoms with van der Waals surface area (Å²) in [7, 11) is 0. The number of hydrogen-bond donors (Lipinski definition) is 1. The highest BCUT2D eigenvalue weighted by Crippen LogP contribution is 2.22. The molecule has 108 valence electrons. The summed E-state index contributed by atoms with van der Waals surface area (Å²) in [6, 6.07) is 11.1. The van der Waals surface area contributed by atoms with Crippen molar-refractivity contribution in [1.29, 1.82) is 0 Å². The zero-order valence-electron chi connectivity index (χ0n) is 13.0. The molecule has 2 heteroatoms. The largest absolute Gasteiger partial charge is 0.464 e. The van der Waals surface area contributed by atoms with Crippen molar-refractivity contribution < 1.29 is 4.42 Å². The smallest absolute Gasteiger partial charge is 0.121 e. The fourth-order valence-corrected chi connectivity index (χ4v) is 2.46. The van der Waals surface area contributed by atoms with Gasteiger partial charge in [-0.2, -0.15) is 0 Å². The first-order chi connectivity index (χ1) is 9.63. The summed E-state index contributed by atoms with van der Waals surface area (Å²) >= 11 is 0. The van der Waals surface area contributed by atoms with E-state index in [-0.39, 0.29) is 6.04 Å². The molecule has 2 rings (SSSR count). The summed E-state index contributed by atoms with van der Waals surface area (Å²) in [5.74, 6) is 2.10. The molecule has 1 aromatic heterocycles. The second-order valence-electron chi connectivity index (χ2n) is 5.39. The van der Waals surface area contributed by atoms with E-state index >= 15 is 0 Å². The minimum atomic E-state index is 0.252. The third-order valence-corrected chi connectivity index (χ3v) is 3.84. The van der Waals surface area contributed by atoms with Crippen LogP contribution in [0.15, 0.2) is 34.7 Å². The lowest BCUT2D eigenvalue weighted by Gasteiger charge is -2.16. The van der Waals surface area contributed by atoms with Crippen molar-refractivity contribution in [2.75, 3.05) is 6.54 Å². The molecule has 0 saturated carbocycles. The van der Waals surface area contributed by atoms with Crippen LogP contribution in [0.3, 0.4) is 0 Å². The van der Waals surface area contributed by atoms with Gasteiger partial charge in [0.05, 0.1) is 6.04 Å². The Labute approximate surface area is 122 Å². The maximum atomic E-state index is 5.91. The topological polar surface area (TPSA) is 25.2 Å². The summed E-state index contributed by atoms with van der Waals surface area (Å²) in [5.41, 5.74) is 4.06. The summed E-state index contributed by atoms with van der Waals surface area (Å²) in [4.78, 5) is 0. The van der Waals surface area contributed by atoms with Crippen LogP contribution in [0.4, 0.5) is 0 Å². The molecule has 0 bridgehead atoms. The van der Waals surface area contributed by atoms with E-state index < -0.39 is 0 Å². The molecule has 1 heterocycles. The van der Waals surface area contributed by atoms with Crippen molar-refractivity contribution in [2.45, 2.75) is 46.6 Å². The maximum absolute atomic E-state index is 5.91. The molecule has 0 aliphatic heterocycles. The Bertz CT molecular complexity index is 556. The van der Waals surface area contributed by atoms with Gasteiger partial charge in [0, 0.05) is 6.42 Å². The van der Waals surface area contributed by atoms with Gasteiger partial charge in [0.25, 0.3) is 0 Å². The lowest BCUT2D eigenvalue weighted by Crippen LogP contribution is -2.22. The molecule has 2 aromatic rings. The zero-order valence-corrected chi connectivity index (χ0v) is 13.0. The molecule has 0 saturated heterocycles. The van der Waals surface area contributed by atoms with Gasteiger partial charge in [0.2, 0.25) is 0 Å². The van der Waals surface area contributed by atoms with Crippen molar-refractivity contribution in [3.63, 3.8) is 0 Å². The number of aryl methyl sites for hydroxylation is 3. The Morgan fingerprint density at radius 1 is 1.05 bits per heavy atom. The van der Waals surface area contributed by atoms with Gasteiger partial charge in [0.15, 0.2) is 0 Å². The highest BCUT2D eigenvalue weighted by atomic mass is 16.3. The zero-order chi connectivity index (χ0) is 14.5. The first-order valence-electron chi connectivity index (χ1n) is 7.52. The van der Waals surface area contributed by atoms with Gasteiger partial charge in [-0.15, -0.1) is 0 Å². The Morgan fingerprint density at radius 2 is 1.85 bits per heavy atom. The molecule has 0 aliphatic rings. The Hall–Kier alpha value is -1.54. The SMILES string of the molecule is CCNC(Cc1ccc(C)c(C)c1)c1ccc(CC)o1. The molecule has 0 fully saturated rings. The van der Waals surface area contributed by atoms with Crippen molar-refractivity contribution >= 4 is 0 Å². The van der Waals surface area contributed by atoms with Gasteiger partial charge < -0.3 is 9.73 Å². The van der Waals surface area contributed by atoms with Crippen LogP contribution < -0.4 is 5.32 Å². The lowest BCUT2D eigenvalue weighted by molar-refractivity contribution is 0.396. The van der Waals surface area contributed by atoms with Gasteiger partial charge in [-0.25, -0.2) is 0 Å². The predicted octanol–water partition coefficient (Wildman–Crippen LogP) is 4.35. The van der Waals surface area contributed by atoms with Crippen LogP contribution in [-0.4, -0.2) is 6.54 Å². The van der Waals surface area contributed by atoms with E-state index in [1.165, 1.54) is 16.7 Å². The number of rotatable bonds is 6. The second kappa shape index (κ2) is 6.76. The quantitative estimate of drug-likeness (QED) is 0.845. The molecule has 0 spiro atoms. The van der Waals surface area contributed by atoms with E-state index in [9.17, 15) is 0 Å². The minimum Gasteiger partial charge on any atom is -0.464 e. The maximum Gasteiger partial charge on any atom is 0.121 e. The number of furan rings is 1. The predicted molar refractivity (Wildman–Crippen MR) is 84.1 cm³/mol. The van der Waals surface area contributed by atoms with Crippen molar-refractivity contribution in [3.8, 4) is 0 Å². The molecule has 0 amide bonds. The molecule has 1 N–H and O–H groups in total. The fraction of sp³-hybridized carbons (Fsp3) is 0.444. The molecular formula is C18H25NO.